The number of benzene rings is 1. The van der Waals surface area contributed by atoms with Crippen LogP contribution in [0.15, 0.2) is 54.5 Å². The molecule has 0 fully saturated rings. The number of nitrogens with one attached hydrogen (secondary N) is 2. The molecule has 0 radical (unpaired) electrons. The van der Waals surface area contributed by atoms with E-state index in [0.717, 1.165) is 16.6 Å². The molecule has 4 rings (SSSR count). The van der Waals surface area contributed by atoms with Gasteiger partial charge in [0, 0.05) is 25.1 Å². The fourth-order valence-electron chi connectivity index (χ4n) is 2.72. The Bertz CT molecular complexity index is 931. The predicted octanol–water partition coefficient (Wildman–Crippen LogP) is 1.11. The second kappa shape index (κ2) is 5.78. The molecule has 7 nitrogen and oxygen atoms in total. The summed E-state index contributed by atoms with van der Waals surface area (Å²) in [4.78, 5) is 21.0. The number of amides is 1. The van der Waals surface area contributed by atoms with E-state index in [-0.39, 0.29) is 5.91 Å². The van der Waals surface area contributed by atoms with E-state index in [1.165, 1.54) is 0 Å². The number of nitrogens with two attached hydrogens (primary N) is 1. The van der Waals surface area contributed by atoms with E-state index >= 15 is 0 Å². The lowest BCUT2D eigenvalue weighted by molar-refractivity contribution is -0.118. The number of carbonyl (C=O) groups is 1. The largest absolute Gasteiger partial charge is 0.358 e. The van der Waals surface area contributed by atoms with E-state index < -0.39 is 6.17 Å². The smallest absolute Gasteiger partial charge is 0.269 e. The topological polar surface area (TPSA) is 97.9 Å². The fraction of sp³-hybridized carbons (Fsp3) is 0.118. The number of para-hydroxylation sites is 2. The van der Waals surface area contributed by atoms with Gasteiger partial charge in [-0.15, -0.1) is 0 Å². The number of carbonyl (C=O) groups excluding carboxylic acids is 1. The minimum atomic E-state index is -0.540. The molecule has 1 aromatic carbocycles. The molecule has 0 spiro atoms. The maximum atomic E-state index is 12.4. The summed E-state index contributed by atoms with van der Waals surface area (Å²) in [6.07, 6.45) is 4.60. The average Bonchev–Trinajstić information content (AvgIpc) is 3.00. The van der Waals surface area contributed by atoms with Gasteiger partial charge in [-0.2, -0.15) is 0 Å². The predicted molar refractivity (Wildman–Crippen MR) is 90.2 cm³/mol. The molecule has 3 aromatic rings. The molecule has 7 heteroatoms. The molecule has 0 bridgehead atoms. The Balaban J connectivity index is 1.61. The van der Waals surface area contributed by atoms with E-state index in [1.54, 1.807) is 18.6 Å². The van der Waals surface area contributed by atoms with Crippen LogP contribution in [0.3, 0.4) is 0 Å². The van der Waals surface area contributed by atoms with Crippen LogP contribution in [0.1, 0.15) is 17.6 Å². The van der Waals surface area contributed by atoms with Crippen molar-refractivity contribution in [2.75, 3.05) is 0 Å². The zero-order valence-corrected chi connectivity index (χ0v) is 12.8. The molecule has 24 heavy (non-hydrogen) atoms. The minimum Gasteiger partial charge on any atom is -0.358 e. The third kappa shape index (κ3) is 2.50. The van der Waals surface area contributed by atoms with E-state index in [1.807, 2.05) is 41.0 Å². The molecule has 2 aromatic heterocycles. The molecular weight excluding hydrogens is 304 g/mol. The molecule has 0 aliphatic carbocycles. The van der Waals surface area contributed by atoms with Crippen LogP contribution in [0, 0.1) is 0 Å². The highest BCUT2D eigenvalue weighted by Gasteiger charge is 2.24. The van der Waals surface area contributed by atoms with Gasteiger partial charge in [0.2, 0.25) is 0 Å². The second-order valence-electron chi connectivity index (χ2n) is 5.54. The van der Waals surface area contributed by atoms with Crippen LogP contribution in [-0.2, 0) is 11.3 Å². The second-order valence-corrected chi connectivity index (χ2v) is 5.54. The first kappa shape index (κ1) is 14.4. The van der Waals surface area contributed by atoms with Crippen LogP contribution < -0.4 is 16.4 Å². The number of imidazole rings is 1. The van der Waals surface area contributed by atoms with Gasteiger partial charge >= 0.3 is 0 Å². The molecule has 3 heterocycles. The number of hydrogen-bond donors (Lipinski definition) is 3. The molecule has 4 N–H and O–H groups in total. The lowest BCUT2D eigenvalue weighted by Gasteiger charge is -2.22. The zero-order valence-electron chi connectivity index (χ0n) is 12.8. The summed E-state index contributed by atoms with van der Waals surface area (Å²) in [5, 5.41) is 5.86. The van der Waals surface area contributed by atoms with Gasteiger partial charge in [0.1, 0.15) is 11.9 Å². The van der Waals surface area contributed by atoms with Crippen molar-refractivity contribution in [2.24, 2.45) is 5.73 Å². The normalized spacial score (nSPS) is 16.2. The standard InChI is InChI=1S/C17H16N6O/c18-15-16-22-12-5-1-2-6-14(12)23(16)10-13(21-15)17(24)20-9-11-4-3-7-19-8-11/h1-8,10,15,21H,9,18H2,(H,20,24). The zero-order chi connectivity index (χ0) is 16.5. The van der Waals surface area contributed by atoms with Gasteiger partial charge in [0.25, 0.3) is 5.91 Å². The number of fused-ring (bicyclic) bond motifs is 3. The Morgan fingerprint density at radius 3 is 3.00 bits per heavy atom. The molecule has 1 unspecified atom stereocenters. The molecule has 0 saturated carbocycles. The van der Waals surface area contributed by atoms with Gasteiger partial charge in [-0.1, -0.05) is 18.2 Å². The fourth-order valence-corrected chi connectivity index (χ4v) is 2.72. The van der Waals surface area contributed by atoms with Gasteiger partial charge in [-0.3, -0.25) is 14.3 Å². The van der Waals surface area contributed by atoms with Crippen molar-refractivity contribution in [3.63, 3.8) is 0 Å². The van der Waals surface area contributed by atoms with E-state index in [0.29, 0.717) is 18.1 Å². The molecule has 1 aliphatic heterocycles. The van der Waals surface area contributed by atoms with E-state index in [4.69, 9.17) is 5.73 Å². The highest BCUT2D eigenvalue weighted by atomic mass is 16.2. The Kier molecular flexibility index (Phi) is 3.47. The van der Waals surface area contributed by atoms with Crippen molar-refractivity contribution in [1.82, 2.24) is 25.2 Å². The van der Waals surface area contributed by atoms with Crippen LogP contribution in [0.5, 0.6) is 0 Å². The van der Waals surface area contributed by atoms with Crippen molar-refractivity contribution < 1.29 is 4.79 Å². The Hall–Kier alpha value is -3.19. The van der Waals surface area contributed by atoms with E-state index in [2.05, 4.69) is 20.6 Å². The van der Waals surface area contributed by atoms with Crippen molar-refractivity contribution in [1.29, 1.82) is 0 Å². The summed E-state index contributed by atoms with van der Waals surface area (Å²) in [7, 11) is 0. The summed E-state index contributed by atoms with van der Waals surface area (Å²) in [6.45, 7) is 0.401. The van der Waals surface area contributed by atoms with Gasteiger partial charge < -0.3 is 16.4 Å². The van der Waals surface area contributed by atoms with Crippen molar-refractivity contribution in [3.8, 4) is 0 Å². The molecule has 1 amide bonds. The Labute approximate surface area is 138 Å². The number of pyridine rings is 1. The summed E-state index contributed by atoms with van der Waals surface area (Å²) < 4.78 is 1.86. The minimum absolute atomic E-state index is 0.224. The van der Waals surface area contributed by atoms with Gasteiger partial charge in [0.05, 0.1) is 11.0 Å². The number of rotatable bonds is 3. The van der Waals surface area contributed by atoms with Gasteiger partial charge in [-0.05, 0) is 23.8 Å². The summed E-state index contributed by atoms with van der Waals surface area (Å²) in [5.41, 5.74) is 9.22. The van der Waals surface area contributed by atoms with Crippen molar-refractivity contribution in [3.05, 3.63) is 65.9 Å². The van der Waals surface area contributed by atoms with Crippen LogP contribution in [0.2, 0.25) is 0 Å². The Morgan fingerprint density at radius 1 is 1.29 bits per heavy atom. The SMILES string of the molecule is NC1NC(C(=O)NCc2cccnc2)=Cn2c1nc1ccccc12. The first-order valence-electron chi connectivity index (χ1n) is 7.60. The maximum Gasteiger partial charge on any atom is 0.269 e. The lowest BCUT2D eigenvalue weighted by Crippen LogP contribution is -2.40. The molecule has 0 saturated heterocycles. The van der Waals surface area contributed by atoms with Crippen LogP contribution >= 0.6 is 0 Å². The molecule has 1 atom stereocenters. The molecule has 120 valence electrons. The van der Waals surface area contributed by atoms with Crippen LogP contribution in [0.4, 0.5) is 0 Å². The molecular formula is C17H16N6O. The molecule has 1 aliphatic rings. The van der Waals surface area contributed by atoms with Gasteiger partial charge in [0.15, 0.2) is 5.82 Å². The number of aromatic nitrogens is 3. The van der Waals surface area contributed by atoms with Crippen LogP contribution in [-0.4, -0.2) is 20.4 Å². The first-order chi connectivity index (χ1) is 11.7. The van der Waals surface area contributed by atoms with Crippen molar-refractivity contribution >= 4 is 23.1 Å². The highest BCUT2D eigenvalue weighted by Crippen LogP contribution is 2.23. The number of nitrogens with zero attached hydrogens (tertiary/aromatic N) is 3. The summed E-state index contributed by atoms with van der Waals surface area (Å²) >= 11 is 0. The quantitative estimate of drug-likeness (QED) is 0.671. The van der Waals surface area contributed by atoms with Crippen molar-refractivity contribution in [2.45, 2.75) is 12.7 Å². The highest BCUT2D eigenvalue weighted by molar-refractivity contribution is 5.97. The summed E-state index contributed by atoms with van der Waals surface area (Å²) in [5.74, 6) is 0.456. The third-order valence-electron chi connectivity index (χ3n) is 3.89. The van der Waals surface area contributed by atoms with Gasteiger partial charge in [-0.25, -0.2) is 4.98 Å². The average molecular weight is 320 g/mol. The summed E-state index contributed by atoms with van der Waals surface area (Å²) in [6, 6.07) is 11.5. The lowest BCUT2D eigenvalue weighted by atomic mass is 10.2. The van der Waals surface area contributed by atoms with Crippen LogP contribution in [0.25, 0.3) is 17.2 Å². The number of hydrogen-bond acceptors (Lipinski definition) is 5. The van der Waals surface area contributed by atoms with E-state index in [9.17, 15) is 4.79 Å². The maximum absolute atomic E-state index is 12.4. The monoisotopic (exact) mass is 320 g/mol. The third-order valence-corrected chi connectivity index (χ3v) is 3.89. The Morgan fingerprint density at radius 2 is 2.17 bits per heavy atom. The first-order valence-corrected chi connectivity index (χ1v) is 7.60.